The molecule has 0 spiro atoms. The van der Waals surface area contributed by atoms with E-state index in [1.807, 2.05) is 29.2 Å². The Morgan fingerprint density at radius 2 is 2.07 bits per heavy atom. The lowest BCUT2D eigenvalue weighted by molar-refractivity contribution is 0.0916. The summed E-state index contributed by atoms with van der Waals surface area (Å²) < 4.78 is 5.50. The second-order valence-corrected chi connectivity index (χ2v) is 8.76. The molecule has 1 N–H and O–H groups in total. The van der Waals surface area contributed by atoms with E-state index in [-0.39, 0.29) is 6.09 Å². The number of benzene rings is 1. The van der Waals surface area contributed by atoms with E-state index in [2.05, 4.69) is 16.9 Å². The number of ether oxygens (including phenoxy) is 1. The van der Waals surface area contributed by atoms with Crippen LogP contribution in [0.25, 0.3) is 11.0 Å². The molecule has 1 aromatic carbocycles. The number of thioether (sulfide) groups is 1. The van der Waals surface area contributed by atoms with Crippen LogP contribution in [0.1, 0.15) is 58.3 Å². The first kappa shape index (κ1) is 21.0. The zero-order valence-corrected chi connectivity index (χ0v) is 17.8. The van der Waals surface area contributed by atoms with Crippen LogP contribution in [-0.2, 0) is 4.74 Å². The number of hydrogen-bond acceptors (Lipinski definition) is 4. The molecule has 1 saturated carbocycles. The van der Waals surface area contributed by atoms with Crippen molar-refractivity contribution in [3.05, 3.63) is 24.3 Å². The highest BCUT2D eigenvalue weighted by Crippen LogP contribution is 2.25. The number of amides is 1. The molecule has 6 heteroatoms. The van der Waals surface area contributed by atoms with Gasteiger partial charge in [-0.25, -0.2) is 9.78 Å². The standard InChI is InChI=1S/C22H33N3O2S/c1-2-3-15-27-22(26)25(17-18-10-5-4-6-11-18)14-9-16-28-21-23-19-12-7-8-13-20(19)24-21/h7-8,12-13,18H,2-6,9-11,14-17H2,1H3,(H,23,24). The van der Waals surface area contributed by atoms with Gasteiger partial charge in [0.1, 0.15) is 0 Å². The smallest absolute Gasteiger partial charge is 0.409 e. The third kappa shape index (κ3) is 6.43. The van der Waals surface area contributed by atoms with Gasteiger partial charge in [-0.2, -0.15) is 0 Å². The Balaban J connectivity index is 1.47. The van der Waals surface area contributed by atoms with E-state index in [1.165, 1.54) is 32.1 Å². The number of nitrogens with zero attached hydrogens (tertiary/aromatic N) is 2. The number of fused-ring (bicyclic) bond motifs is 1. The quantitative estimate of drug-likeness (QED) is 0.398. The number of H-pyrrole nitrogens is 1. The first-order chi connectivity index (χ1) is 13.8. The number of para-hydroxylation sites is 2. The summed E-state index contributed by atoms with van der Waals surface area (Å²) in [5, 5.41) is 0.950. The summed E-state index contributed by atoms with van der Waals surface area (Å²) in [6.45, 7) is 4.25. The van der Waals surface area contributed by atoms with Gasteiger partial charge in [0.2, 0.25) is 0 Å². The molecule has 28 heavy (non-hydrogen) atoms. The maximum Gasteiger partial charge on any atom is 0.409 e. The van der Waals surface area contributed by atoms with E-state index in [4.69, 9.17) is 4.74 Å². The highest BCUT2D eigenvalue weighted by molar-refractivity contribution is 7.99. The lowest BCUT2D eigenvalue weighted by Gasteiger charge is -2.29. The predicted molar refractivity (Wildman–Crippen MR) is 116 cm³/mol. The van der Waals surface area contributed by atoms with Crippen LogP contribution in [0.5, 0.6) is 0 Å². The summed E-state index contributed by atoms with van der Waals surface area (Å²) in [5.74, 6) is 1.57. The molecular formula is C22H33N3O2S. The van der Waals surface area contributed by atoms with Crippen LogP contribution in [-0.4, -0.2) is 46.4 Å². The minimum absolute atomic E-state index is 0.132. The van der Waals surface area contributed by atoms with E-state index in [0.717, 1.165) is 54.3 Å². The van der Waals surface area contributed by atoms with Crippen LogP contribution in [0, 0.1) is 5.92 Å². The average molecular weight is 404 g/mol. The molecule has 0 aliphatic heterocycles. The molecule has 0 bridgehead atoms. The van der Waals surface area contributed by atoms with Crippen LogP contribution in [0.3, 0.4) is 0 Å². The zero-order valence-electron chi connectivity index (χ0n) is 17.0. The molecule has 154 valence electrons. The Kier molecular flexibility index (Phi) is 8.52. The lowest BCUT2D eigenvalue weighted by Crippen LogP contribution is -2.37. The second-order valence-electron chi connectivity index (χ2n) is 7.68. The topological polar surface area (TPSA) is 58.2 Å². The Bertz CT molecular complexity index is 694. The van der Waals surface area contributed by atoms with Crippen molar-refractivity contribution in [3.8, 4) is 0 Å². The summed E-state index contributed by atoms with van der Waals surface area (Å²) in [5.41, 5.74) is 2.08. The molecule has 1 aliphatic rings. The van der Waals surface area contributed by atoms with Gasteiger partial charge >= 0.3 is 6.09 Å². The van der Waals surface area contributed by atoms with Crippen molar-refractivity contribution in [1.82, 2.24) is 14.9 Å². The van der Waals surface area contributed by atoms with Gasteiger partial charge < -0.3 is 14.6 Å². The number of carbonyl (C=O) groups excluding carboxylic acids is 1. The average Bonchev–Trinajstić information content (AvgIpc) is 3.14. The maximum atomic E-state index is 12.6. The number of rotatable bonds is 10. The number of imidazole rings is 1. The molecular weight excluding hydrogens is 370 g/mol. The number of aromatic nitrogens is 2. The highest BCUT2D eigenvalue weighted by atomic mass is 32.2. The van der Waals surface area contributed by atoms with E-state index < -0.39 is 0 Å². The Morgan fingerprint density at radius 1 is 1.25 bits per heavy atom. The molecule has 3 rings (SSSR count). The van der Waals surface area contributed by atoms with Crippen molar-refractivity contribution in [2.75, 3.05) is 25.4 Å². The van der Waals surface area contributed by atoms with E-state index in [1.54, 1.807) is 11.8 Å². The third-order valence-corrected chi connectivity index (χ3v) is 6.32. The van der Waals surface area contributed by atoms with Crippen molar-refractivity contribution in [3.63, 3.8) is 0 Å². The molecule has 1 heterocycles. The normalized spacial score (nSPS) is 15.0. The summed E-state index contributed by atoms with van der Waals surface area (Å²) in [6.07, 6.45) is 9.21. The van der Waals surface area contributed by atoms with E-state index in [9.17, 15) is 4.79 Å². The van der Waals surface area contributed by atoms with Gasteiger partial charge in [0.05, 0.1) is 17.6 Å². The summed E-state index contributed by atoms with van der Waals surface area (Å²) in [7, 11) is 0. The summed E-state index contributed by atoms with van der Waals surface area (Å²) in [6, 6.07) is 8.09. The van der Waals surface area contributed by atoms with Crippen molar-refractivity contribution >= 4 is 28.9 Å². The monoisotopic (exact) mass is 403 g/mol. The minimum Gasteiger partial charge on any atom is -0.449 e. The largest absolute Gasteiger partial charge is 0.449 e. The molecule has 0 radical (unpaired) electrons. The van der Waals surface area contributed by atoms with Crippen LogP contribution >= 0.6 is 11.8 Å². The van der Waals surface area contributed by atoms with Crippen LogP contribution in [0.2, 0.25) is 0 Å². The second kappa shape index (κ2) is 11.3. The number of carbonyl (C=O) groups is 1. The Labute approximate surface area is 172 Å². The van der Waals surface area contributed by atoms with E-state index >= 15 is 0 Å². The first-order valence-electron chi connectivity index (χ1n) is 10.8. The SMILES string of the molecule is CCCCOC(=O)N(CCCSc1nc2ccccc2[nH]1)CC1CCCCC1. The molecule has 0 atom stereocenters. The number of hydrogen-bond donors (Lipinski definition) is 1. The summed E-state index contributed by atoms with van der Waals surface area (Å²) >= 11 is 1.72. The van der Waals surface area contributed by atoms with Gasteiger partial charge in [0.25, 0.3) is 0 Å². The fraction of sp³-hybridized carbons (Fsp3) is 0.636. The first-order valence-corrected chi connectivity index (χ1v) is 11.7. The zero-order chi connectivity index (χ0) is 19.6. The van der Waals surface area contributed by atoms with E-state index in [0.29, 0.717) is 12.5 Å². The highest BCUT2D eigenvalue weighted by Gasteiger charge is 2.21. The maximum absolute atomic E-state index is 12.6. The molecule has 2 aromatic rings. The van der Waals surface area contributed by atoms with Crippen molar-refractivity contribution in [2.24, 2.45) is 5.92 Å². The van der Waals surface area contributed by atoms with Crippen LogP contribution in [0.15, 0.2) is 29.4 Å². The fourth-order valence-corrected chi connectivity index (χ4v) is 4.57. The number of unbranched alkanes of at least 4 members (excludes halogenated alkanes) is 1. The van der Waals surface area contributed by atoms with Gasteiger partial charge in [-0.1, -0.05) is 56.5 Å². The molecule has 1 amide bonds. The molecule has 1 fully saturated rings. The third-order valence-electron chi connectivity index (χ3n) is 5.36. The molecule has 0 unspecified atom stereocenters. The Hall–Kier alpha value is -1.69. The van der Waals surface area contributed by atoms with Gasteiger partial charge in [0, 0.05) is 18.8 Å². The number of aromatic amines is 1. The molecule has 5 nitrogen and oxygen atoms in total. The van der Waals surface area contributed by atoms with Crippen molar-refractivity contribution in [1.29, 1.82) is 0 Å². The van der Waals surface area contributed by atoms with Crippen LogP contribution < -0.4 is 0 Å². The van der Waals surface area contributed by atoms with Crippen LogP contribution in [0.4, 0.5) is 4.79 Å². The molecule has 1 aromatic heterocycles. The Morgan fingerprint density at radius 3 is 2.86 bits per heavy atom. The van der Waals surface area contributed by atoms with Gasteiger partial charge in [-0.05, 0) is 43.7 Å². The van der Waals surface area contributed by atoms with Gasteiger partial charge in [0.15, 0.2) is 5.16 Å². The lowest BCUT2D eigenvalue weighted by atomic mass is 9.89. The number of nitrogens with one attached hydrogen (secondary N) is 1. The minimum atomic E-state index is -0.132. The molecule has 0 saturated heterocycles. The predicted octanol–water partition coefficient (Wildman–Crippen LogP) is 5.86. The van der Waals surface area contributed by atoms with Gasteiger partial charge in [-0.3, -0.25) is 0 Å². The van der Waals surface area contributed by atoms with Crippen molar-refractivity contribution in [2.45, 2.75) is 63.4 Å². The fourth-order valence-electron chi connectivity index (χ4n) is 3.76. The van der Waals surface area contributed by atoms with Crippen molar-refractivity contribution < 1.29 is 9.53 Å². The van der Waals surface area contributed by atoms with Gasteiger partial charge in [-0.15, -0.1) is 0 Å². The summed E-state index contributed by atoms with van der Waals surface area (Å²) in [4.78, 5) is 22.5. The molecule has 1 aliphatic carbocycles.